The normalized spacial score (nSPS) is 15.4. The Morgan fingerprint density at radius 1 is 1.00 bits per heavy atom. The second-order valence-electron chi connectivity index (χ2n) is 4.15. The van der Waals surface area contributed by atoms with Crippen molar-refractivity contribution in [3.63, 3.8) is 0 Å². The lowest BCUT2D eigenvalue weighted by atomic mass is 10.1. The zero-order valence-electron chi connectivity index (χ0n) is 9.63. The fourth-order valence-electron chi connectivity index (χ4n) is 2.11. The molecule has 0 saturated carbocycles. The number of amides is 2. The van der Waals surface area contributed by atoms with Crippen LogP contribution in [0.1, 0.15) is 12.8 Å². The quantitative estimate of drug-likeness (QED) is 0.759. The Morgan fingerprint density at radius 3 is 2.44 bits per heavy atom. The first kappa shape index (κ1) is 10.8. The maximum atomic E-state index is 11.7. The summed E-state index contributed by atoms with van der Waals surface area (Å²) in [7, 11) is 0. The van der Waals surface area contributed by atoms with Crippen molar-refractivity contribution in [3.8, 4) is 11.3 Å². The van der Waals surface area contributed by atoms with E-state index < -0.39 is 0 Å². The molecule has 3 rings (SSSR count). The van der Waals surface area contributed by atoms with Crippen LogP contribution in [0.5, 0.6) is 0 Å². The molecule has 1 aromatic heterocycles. The van der Waals surface area contributed by atoms with Crippen molar-refractivity contribution >= 4 is 17.5 Å². The fraction of sp³-hybridized carbons (Fsp3) is 0.143. The number of benzene rings is 1. The van der Waals surface area contributed by atoms with Crippen LogP contribution in [0.4, 0.5) is 5.69 Å². The van der Waals surface area contributed by atoms with Crippen molar-refractivity contribution in [2.75, 3.05) is 4.90 Å². The summed E-state index contributed by atoms with van der Waals surface area (Å²) in [6, 6.07) is 10.9. The van der Waals surface area contributed by atoms with Crippen molar-refractivity contribution < 1.29 is 14.0 Å². The van der Waals surface area contributed by atoms with Crippen LogP contribution < -0.4 is 4.90 Å². The first-order chi connectivity index (χ1) is 8.75. The number of carbonyl (C=O) groups is 2. The predicted octanol–water partition coefficient (Wildman–Crippen LogP) is 2.60. The molecule has 1 saturated heterocycles. The van der Waals surface area contributed by atoms with E-state index in [1.165, 1.54) is 4.90 Å². The highest BCUT2D eigenvalue weighted by Gasteiger charge is 2.30. The third kappa shape index (κ3) is 1.72. The molecule has 90 valence electrons. The van der Waals surface area contributed by atoms with Crippen molar-refractivity contribution in [2.45, 2.75) is 12.8 Å². The average molecular weight is 241 g/mol. The number of furan rings is 1. The topological polar surface area (TPSA) is 50.5 Å². The van der Waals surface area contributed by atoms with Gasteiger partial charge in [0.05, 0.1) is 12.0 Å². The zero-order valence-corrected chi connectivity index (χ0v) is 9.63. The maximum absolute atomic E-state index is 11.7. The molecule has 4 heteroatoms. The maximum Gasteiger partial charge on any atom is 0.234 e. The second-order valence-corrected chi connectivity index (χ2v) is 4.15. The van der Waals surface area contributed by atoms with E-state index in [0.717, 1.165) is 11.3 Å². The van der Waals surface area contributed by atoms with E-state index in [1.807, 2.05) is 18.2 Å². The van der Waals surface area contributed by atoms with Crippen molar-refractivity contribution in [1.29, 1.82) is 0 Å². The van der Waals surface area contributed by atoms with Crippen LogP contribution in [0, 0.1) is 0 Å². The first-order valence-electron chi connectivity index (χ1n) is 5.75. The molecule has 4 nitrogen and oxygen atoms in total. The van der Waals surface area contributed by atoms with E-state index in [4.69, 9.17) is 4.42 Å². The number of carbonyl (C=O) groups excluding carboxylic acids is 2. The van der Waals surface area contributed by atoms with Crippen LogP contribution in [-0.2, 0) is 9.59 Å². The van der Waals surface area contributed by atoms with Crippen LogP contribution in [0.3, 0.4) is 0 Å². The third-order valence-corrected chi connectivity index (χ3v) is 2.96. The van der Waals surface area contributed by atoms with Gasteiger partial charge < -0.3 is 4.42 Å². The molecule has 0 atom stereocenters. The van der Waals surface area contributed by atoms with Crippen molar-refractivity contribution in [2.24, 2.45) is 0 Å². The lowest BCUT2D eigenvalue weighted by Crippen LogP contribution is -2.28. The largest absolute Gasteiger partial charge is 0.464 e. The molecular formula is C14H11NO3. The zero-order chi connectivity index (χ0) is 12.5. The minimum absolute atomic E-state index is 0.142. The van der Waals surface area contributed by atoms with E-state index in [1.54, 1.807) is 24.5 Å². The van der Waals surface area contributed by atoms with Crippen LogP contribution in [-0.4, -0.2) is 11.8 Å². The molecule has 1 aromatic carbocycles. The minimum Gasteiger partial charge on any atom is -0.464 e. The van der Waals surface area contributed by atoms with Crippen LogP contribution in [0.25, 0.3) is 11.3 Å². The van der Waals surface area contributed by atoms with Gasteiger partial charge in [-0.1, -0.05) is 12.1 Å². The summed E-state index contributed by atoms with van der Waals surface area (Å²) in [6.45, 7) is 0. The van der Waals surface area contributed by atoms with Crippen LogP contribution in [0.15, 0.2) is 47.1 Å². The predicted molar refractivity (Wildman–Crippen MR) is 65.9 cm³/mol. The van der Waals surface area contributed by atoms with Gasteiger partial charge in [0.15, 0.2) is 0 Å². The Balaban J connectivity index is 2.01. The van der Waals surface area contributed by atoms with Gasteiger partial charge in [0.25, 0.3) is 0 Å². The summed E-state index contributed by atoms with van der Waals surface area (Å²) in [5, 5.41) is 0. The van der Waals surface area contributed by atoms with E-state index in [0.29, 0.717) is 18.5 Å². The summed E-state index contributed by atoms with van der Waals surface area (Å²) in [5.74, 6) is 0.434. The van der Waals surface area contributed by atoms with Gasteiger partial charge in [-0.15, -0.1) is 0 Å². The summed E-state index contributed by atoms with van der Waals surface area (Å²) >= 11 is 0. The van der Waals surface area contributed by atoms with Crippen LogP contribution in [0.2, 0.25) is 0 Å². The summed E-state index contributed by atoms with van der Waals surface area (Å²) < 4.78 is 5.30. The lowest BCUT2D eigenvalue weighted by molar-refractivity contribution is -0.121. The molecule has 0 spiro atoms. The lowest BCUT2D eigenvalue weighted by Gasteiger charge is -2.14. The van der Waals surface area contributed by atoms with Crippen molar-refractivity contribution in [3.05, 3.63) is 42.7 Å². The van der Waals surface area contributed by atoms with Gasteiger partial charge in [0.1, 0.15) is 5.76 Å². The summed E-state index contributed by atoms with van der Waals surface area (Å²) in [5.41, 5.74) is 1.46. The Labute approximate surface area is 104 Å². The summed E-state index contributed by atoms with van der Waals surface area (Å²) in [6.07, 6.45) is 2.18. The minimum atomic E-state index is -0.142. The Bertz CT molecular complexity index is 585. The Hall–Kier alpha value is -2.36. The molecule has 0 unspecified atom stereocenters. The highest BCUT2D eigenvalue weighted by Crippen LogP contribution is 2.28. The molecule has 2 amide bonds. The number of anilines is 1. The van der Waals surface area contributed by atoms with E-state index in [-0.39, 0.29) is 11.8 Å². The van der Waals surface area contributed by atoms with E-state index in [9.17, 15) is 9.59 Å². The molecule has 0 bridgehead atoms. The van der Waals surface area contributed by atoms with Gasteiger partial charge in [-0.3, -0.25) is 14.5 Å². The molecule has 1 aliphatic rings. The van der Waals surface area contributed by atoms with Gasteiger partial charge in [-0.2, -0.15) is 0 Å². The SMILES string of the molecule is O=C1CCC(=O)N1c1cccc(-c2ccco2)c1. The molecule has 0 radical (unpaired) electrons. The van der Waals surface area contributed by atoms with Gasteiger partial charge in [0, 0.05) is 18.4 Å². The number of nitrogens with zero attached hydrogens (tertiary/aromatic N) is 1. The average Bonchev–Trinajstić information content (AvgIpc) is 3.00. The molecule has 1 aliphatic heterocycles. The molecule has 2 aromatic rings. The van der Waals surface area contributed by atoms with Gasteiger partial charge in [-0.25, -0.2) is 0 Å². The summed E-state index contributed by atoms with van der Waals surface area (Å²) in [4.78, 5) is 24.6. The highest BCUT2D eigenvalue weighted by atomic mass is 16.3. The molecule has 2 heterocycles. The highest BCUT2D eigenvalue weighted by molar-refractivity contribution is 6.19. The molecule has 1 fully saturated rings. The number of rotatable bonds is 2. The van der Waals surface area contributed by atoms with Gasteiger partial charge in [0.2, 0.25) is 11.8 Å². The molecule has 0 aliphatic carbocycles. The monoisotopic (exact) mass is 241 g/mol. The van der Waals surface area contributed by atoms with Crippen molar-refractivity contribution in [1.82, 2.24) is 0 Å². The van der Waals surface area contributed by atoms with E-state index >= 15 is 0 Å². The molecular weight excluding hydrogens is 230 g/mol. The standard InChI is InChI=1S/C14H11NO3/c16-13-6-7-14(17)15(13)11-4-1-3-10(9-11)12-5-2-8-18-12/h1-5,8-9H,6-7H2. The third-order valence-electron chi connectivity index (χ3n) is 2.96. The molecule has 0 N–H and O–H groups in total. The van der Waals surface area contributed by atoms with E-state index in [2.05, 4.69) is 0 Å². The smallest absolute Gasteiger partial charge is 0.234 e. The first-order valence-corrected chi connectivity index (χ1v) is 5.75. The number of hydrogen-bond donors (Lipinski definition) is 0. The Kier molecular flexibility index (Phi) is 2.48. The second kappa shape index (κ2) is 4.14. The Morgan fingerprint density at radius 2 is 1.78 bits per heavy atom. The fourth-order valence-corrected chi connectivity index (χ4v) is 2.11. The molecule has 18 heavy (non-hydrogen) atoms. The van der Waals surface area contributed by atoms with Crippen LogP contribution >= 0.6 is 0 Å². The number of imide groups is 1. The van der Waals surface area contributed by atoms with Gasteiger partial charge >= 0.3 is 0 Å². The number of hydrogen-bond acceptors (Lipinski definition) is 3. The van der Waals surface area contributed by atoms with Gasteiger partial charge in [-0.05, 0) is 24.3 Å².